The molecule has 6 nitrogen and oxygen atoms in total. The maximum atomic E-state index is 12.4. The first-order chi connectivity index (χ1) is 15.0. The molecular weight excluding hydrogens is 392 g/mol. The summed E-state index contributed by atoms with van der Waals surface area (Å²) in [6.45, 7) is 0.156. The molecule has 1 N–H and O–H groups in total. The van der Waals surface area contributed by atoms with Crippen LogP contribution in [0.2, 0.25) is 0 Å². The molecule has 158 valence electrons. The summed E-state index contributed by atoms with van der Waals surface area (Å²) in [5.74, 6) is 0.134. The van der Waals surface area contributed by atoms with E-state index in [1.165, 1.54) is 0 Å². The summed E-state index contributed by atoms with van der Waals surface area (Å²) < 4.78 is 10.5. The highest BCUT2D eigenvalue weighted by atomic mass is 16.5. The lowest BCUT2D eigenvalue weighted by Crippen LogP contribution is -2.31. The fraction of sp³-hybridized carbons (Fsp3) is 0.200. The first-order valence-corrected chi connectivity index (χ1v) is 10.0. The van der Waals surface area contributed by atoms with Crippen molar-refractivity contribution in [2.24, 2.45) is 0 Å². The monoisotopic (exact) mass is 416 g/mol. The Morgan fingerprint density at radius 2 is 1.77 bits per heavy atom. The molecule has 1 amide bonds. The number of carbonyl (C=O) groups excluding carboxylic acids is 2. The van der Waals surface area contributed by atoms with Gasteiger partial charge in [0.25, 0.3) is 5.91 Å². The molecule has 0 atom stereocenters. The zero-order valence-electron chi connectivity index (χ0n) is 17.6. The number of nitrogens with zero attached hydrogens (tertiary/aromatic N) is 1. The Balaban J connectivity index is 1.32. The largest absolute Gasteiger partial charge is 0.497 e. The normalized spacial score (nSPS) is 10.9. The van der Waals surface area contributed by atoms with Crippen LogP contribution < -0.4 is 4.74 Å². The predicted molar refractivity (Wildman–Crippen MR) is 120 cm³/mol. The number of nitrogens with one attached hydrogen (secondary N) is 1. The maximum absolute atomic E-state index is 12.4. The van der Waals surface area contributed by atoms with Crippen molar-refractivity contribution in [3.05, 3.63) is 78.0 Å². The molecule has 31 heavy (non-hydrogen) atoms. The first-order valence-electron chi connectivity index (χ1n) is 10.0. The summed E-state index contributed by atoms with van der Waals surface area (Å²) in [6, 6.07) is 19.7. The molecule has 1 heterocycles. The van der Waals surface area contributed by atoms with E-state index in [1.54, 1.807) is 25.3 Å². The van der Waals surface area contributed by atoms with Gasteiger partial charge in [-0.2, -0.15) is 0 Å². The molecule has 4 aromatic rings. The summed E-state index contributed by atoms with van der Waals surface area (Å²) in [5.41, 5.74) is 2.82. The van der Waals surface area contributed by atoms with Gasteiger partial charge in [0.1, 0.15) is 5.75 Å². The standard InChI is InChI=1S/C25H24N2O4/c1-27(15-17-7-8-19-12-21(30-2)10-9-18(19)11-17)24(28)16-31-25(29)13-20-14-26-23-6-4-3-5-22(20)23/h3-12,14,26H,13,15-16H2,1-2H3. The van der Waals surface area contributed by atoms with Gasteiger partial charge >= 0.3 is 5.97 Å². The molecule has 0 unspecified atom stereocenters. The molecule has 0 aliphatic rings. The Hall–Kier alpha value is -3.80. The van der Waals surface area contributed by atoms with Gasteiger partial charge in [-0.15, -0.1) is 0 Å². The van der Waals surface area contributed by atoms with Crippen molar-refractivity contribution in [2.75, 3.05) is 20.8 Å². The second kappa shape index (κ2) is 8.92. The number of carbonyl (C=O) groups is 2. The van der Waals surface area contributed by atoms with E-state index in [2.05, 4.69) is 4.98 Å². The number of H-pyrrole nitrogens is 1. The second-order valence-electron chi connectivity index (χ2n) is 7.49. The fourth-order valence-corrected chi connectivity index (χ4v) is 3.60. The van der Waals surface area contributed by atoms with E-state index in [-0.39, 0.29) is 18.9 Å². The minimum Gasteiger partial charge on any atom is -0.497 e. The van der Waals surface area contributed by atoms with E-state index in [0.717, 1.165) is 38.6 Å². The van der Waals surface area contributed by atoms with Crippen LogP contribution in [0.15, 0.2) is 66.9 Å². The van der Waals surface area contributed by atoms with Crippen molar-refractivity contribution in [3.8, 4) is 5.75 Å². The van der Waals surface area contributed by atoms with Gasteiger partial charge in [0.2, 0.25) is 0 Å². The summed E-state index contributed by atoms with van der Waals surface area (Å²) in [7, 11) is 3.34. The van der Waals surface area contributed by atoms with Crippen LogP contribution in [0.25, 0.3) is 21.7 Å². The highest BCUT2D eigenvalue weighted by molar-refractivity contribution is 5.88. The molecule has 0 bridgehead atoms. The topological polar surface area (TPSA) is 71.6 Å². The van der Waals surface area contributed by atoms with Gasteiger partial charge < -0.3 is 19.4 Å². The van der Waals surface area contributed by atoms with Gasteiger partial charge in [0.05, 0.1) is 13.5 Å². The smallest absolute Gasteiger partial charge is 0.310 e. The van der Waals surface area contributed by atoms with E-state index in [4.69, 9.17) is 9.47 Å². The average molecular weight is 416 g/mol. The van der Waals surface area contributed by atoms with Crippen LogP contribution in [-0.2, 0) is 27.3 Å². The van der Waals surface area contributed by atoms with Crippen LogP contribution >= 0.6 is 0 Å². The Labute approximate surface area is 180 Å². The van der Waals surface area contributed by atoms with E-state index in [9.17, 15) is 9.59 Å². The highest BCUT2D eigenvalue weighted by Crippen LogP contribution is 2.22. The van der Waals surface area contributed by atoms with Crippen molar-refractivity contribution < 1.29 is 19.1 Å². The van der Waals surface area contributed by atoms with Crippen LogP contribution in [0, 0.1) is 0 Å². The Morgan fingerprint density at radius 3 is 2.61 bits per heavy atom. The lowest BCUT2D eigenvalue weighted by atomic mass is 10.1. The number of esters is 1. The molecule has 0 fully saturated rings. The minimum absolute atomic E-state index is 0.120. The quantitative estimate of drug-likeness (QED) is 0.461. The minimum atomic E-state index is -0.425. The summed E-state index contributed by atoms with van der Waals surface area (Å²) >= 11 is 0. The third kappa shape index (κ3) is 4.69. The Bertz CT molecular complexity index is 1240. The maximum Gasteiger partial charge on any atom is 0.310 e. The third-order valence-electron chi connectivity index (χ3n) is 5.32. The Morgan fingerprint density at radius 1 is 1.00 bits per heavy atom. The molecule has 3 aromatic carbocycles. The zero-order chi connectivity index (χ0) is 21.8. The van der Waals surface area contributed by atoms with E-state index in [0.29, 0.717) is 6.54 Å². The average Bonchev–Trinajstić information content (AvgIpc) is 3.19. The molecule has 0 aliphatic heterocycles. The molecule has 0 spiro atoms. The number of para-hydroxylation sites is 1. The lowest BCUT2D eigenvalue weighted by Gasteiger charge is -2.17. The van der Waals surface area contributed by atoms with Gasteiger partial charge in [0, 0.05) is 30.7 Å². The van der Waals surface area contributed by atoms with Crippen molar-refractivity contribution in [3.63, 3.8) is 0 Å². The molecule has 0 radical (unpaired) electrons. The van der Waals surface area contributed by atoms with Crippen LogP contribution in [0.3, 0.4) is 0 Å². The van der Waals surface area contributed by atoms with Gasteiger partial charge in [-0.05, 0) is 46.2 Å². The number of aromatic amines is 1. The fourth-order valence-electron chi connectivity index (χ4n) is 3.60. The van der Waals surface area contributed by atoms with E-state index in [1.807, 2.05) is 60.7 Å². The van der Waals surface area contributed by atoms with Crippen LogP contribution in [0.1, 0.15) is 11.1 Å². The predicted octanol–water partition coefficient (Wildman–Crippen LogP) is 4.07. The number of hydrogen-bond acceptors (Lipinski definition) is 4. The van der Waals surface area contributed by atoms with Crippen LogP contribution in [-0.4, -0.2) is 42.5 Å². The second-order valence-corrected chi connectivity index (χ2v) is 7.49. The van der Waals surface area contributed by atoms with Crippen molar-refractivity contribution in [1.82, 2.24) is 9.88 Å². The first kappa shape index (κ1) is 20.5. The van der Waals surface area contributed by atoms with Gasteiger partial charge in [0.15, 0.2) is 6.61 Å². The number of methoxy groups -OCH3 is 1. The number of fused-ring (bicyclic) bond motifs is 2. The summed E-state index contributed by atoms with van der Waals surface area (Å²) in [5, 5.41) is 3.13. The van der Waals surface area contributed by atoms with Crippen LogP contribution in [0.4, 0.5) is 0 Å². The number of benzene rings is 3. The lowest BCUT2D eigenvalue weighted by molar-refractivity contribution is -0.151. The molecule has 6 heteroatoms. The van der Waals surface area contributed by atoms with Gasteiger partial charge in [-0.1, -0.05) is 36.4 Å². The molecule has 0 saturated heterocycles. The van der Waals surface area contributed by atoms with Crippen molar-refractivity contribution in [2.45, 2.75) is 13.0 Å². The highest BCUT2D eigenvalue weighted by Gasteiger charge is 2.15. The number of likely N-dealkylation sites (N-methyl/N-ethyl adjacent to an activating group) is 1. The van der Waals surface area contributed by atoms with Crippen LogP contribution in [0.5, 0.6) is 5.75 Å². The summed E-state index contributed by atoms with van der Waals surface area (Å²) in [6.07, 6.45) is 1.92. The summed E-state index contributed by atoms with van der Waals surface area (Å²) in [4.78, 5) is 29.4. The number of ether oxygens (including phenoxy) is 2. The van der Waals surface area contributed by atoms with Gasteiger partial charge in [-0.25, -0.2) is 0 Å². The SMILES string of the molecule is COc1ccc2cc(CN(C)C(=O)COC(=O)Cc3c[nH]c4ccccc34)ccc2c1. The van der Waals surface area contributed by atoms with Gasteiger partial charge in [-0.3, -0.25) is 9.59 Å². The third-order valence-corrected chi connectivity index (χ3v) is 5.32. The van der Waals surface area contributed by atoms with Crippen molar-refractivity contribution in [1.29, 1.82) is 0 Å². The van der Waals surface area contributed by atoms with E-state index < -0.39 is 5.97 Å². The molecule has 4 rings (SSSR count). The zero-order valence-corrected chi connectivity index (χ0v) is 17.6. The number of amides is 1. The Kier molecular flexibility index (Phi) is 5.89. The molecule has 0 saturated carbocycles. The molecule has 1 aromatic heterocycles. The number of aromatic nitrogens is 1. The number of rotatable bonds is 7. The van der Waals surface area contributed by atoms with E-state index >= 15 is 0 Å². The molecular formula is C25H24N2O4. The molecule has 0 aliphatic carbocycles. The number of hydrogen-bond donors (Lipinski definition) is 1. The van der Waals surface area contributed by atoms with Crippen molar-refractivity contribution >= 4 is 33.6 Å².